The van der Waals surface area contributed by atoms with Crippen LogP contribution >= 0.6 is 0 Å². The van der Waals surface area contributed by atoms with Gasteiger partial charge >= 0.3 is 0 Å². The maximum atomic E-state index is 12.7. The molecule has 2 aromatic rings. The van der Waals surface area contributed by atoms with Crippen LogP contribution in [0.4, 0.5) is 11.4 Å². The number of benzene rings is 2. The van der Waals surface area contributed by atoms with Crippen molar-refractivity contribution in [3.05, 3.63) is 60.2 Å². The molecule has 2 aliphatic rings. The highest BCUT2D eigenvalue weighted by Crippen LogP contribution is 2.25. The Morgan fingerprint density at radius 2 is 1.67 bits per heavy atom. The van der Waals surface area contributed by atoms with E-state index in [1.54, 1.807) is 4.90 Å². The van der Waals surface area contributed by atoms with Gasteiger partial charge in [-0.25, -0.2) is 12.7 Å². The summed E-state index contributed by atoms with van der Waals surface area (Å²) in [7, 11) is -3.31. The maximum Gasteiger partial charge on any atom is 0.227 e. The predicted molar refractivity (Wildman–Crippen MR) is 130 cm³/mol. The minimum absolute atomic E-state index is 0.0823. The molecule has 1 N–H and O–H groups in total. The van der Waals surface area contributed by atoms with E-state index < -0.39 is 10.0 Å². The molecule has 0 radical (unpaired) electrons. The van der Waals surface area contributed by atoms with E-state index in [1.165, 1.54) is 4.31 Å². The van der Waals surface area contributed by atoms with Crippen molar-refractivity contribution >= 4 is 33.2 Å². The van der Waals surface area contributed by atoms with Gasteiger partial charge in [-0.1, -0.05) is 30.3 Å². The first-order valence-electron chi connectivity index (χ1n) is 11.7. The van der Waals surface area contributed by atoms with E-state index in [2.05, 4.69) is 5.32 Å². The molecule has 7 nitrogen and oxygen atoms in total. The number of nitrogens with one attached hydrogen (secondary N) is 1. The highest BCUT2D eigenvalue weighted by atomic mass is 32.2. The molecular formula is C25H31N3O4S. The Morgan fingerprint density at radius 3 is 2.30 bits per heavy atom. The predicted octanol–water partition coefficient (Wildman–Crippen LogP) is 3.43. The average molecular weight is 470 g/mol. The van der Waals surface area contributed by atoms with Gasteiger partial charge in [0.05, 0.1) is 5.75 Å². The molecule has 176 valence electrons. The minimum Gasteiger partial charge on any atom is -0.326 e. The third-order valence-electron chi connectivity index (χ3n) is 6.45. The van der Waals surface area contributed by atoms with Crippen LogP contribution in [0.5, 0.6) is 0 Å². The molecule has 2 fully saturated rings. The van der Waals surface area contributed by atoms with Crippen molar-refractivity contribution in [2.45, 2.75) is 38.5 Å². The fourth-order valence-electron chi connectivity index (χ4n) is 4.52. The number of anilines is 2. The lowest BCUT2D eigenvalue weighted by molar-refractivity contribution is -0.121. The molecule has 2 aliphatic heterocycles. The zero-order valence-corrected chi connectivity index (χ0v) is 19.6. The van der Waals surface area contributed by atoms with Crippen LogP contribution in [0.3, 0.4) is 0 Å². The second-order valence-corrected chi connectivity index (χ2v) is 10.9. The molecule has 0 bridgehead atoms. The fourth-order valence-corrected chi connectivity index (χ4v) is 6.05. The summed E-state index contributed by atoms with van der Waals surface area (Å²) in [4.78, 5) is 26.3. The van der Waals surface area contributed by atoms with Crippen molar-refractivity contribution < 1.29 is 18.0 Å². The Kier molecular flexibility index (Phi) is 7.45. The molecule has 0 unspecified atom stereocenters. The van der Waals surface area contributed by atoms with E-state index in [0.717, 1.165) is 30.6 Å². The normalized spacial score (nSPS) is 17.9. The summed E-state index contributed by atoms with van der Waals surface area (Å²) in [6.07, 6.45) is 3.82. The number of rotatable bonds is 8. The second kappa shape index (κ2) is 10.5. The van der Waals surface area contributed by atoms with Gasteiger partial charge in [-0.15, -0.1) is 0 Å². The van der Waals surface area contributed by atoms with Gasteiger partial charge in [-0.05, 0) is 61.9 Å². The first kappa shape index (κ1) is 23.4. The number of amides is 2. The molecule has 2 heterocycles. The van der Waals surface area contributed by atoms with Crippen molar-refractivity contribution in [2.24, 2.45) is 5.92 Å². The zero-order chi connectivity index (χ0) is 23.3. The summed E-state index contributed by atoms with van der Waals surface area (Å²) < 4.78 is 26.9. The van der Waals surface area contributed by atoms with Gasteiger partial charge in [0.1, 0.15) is 0 Å². The number of nitrogens with zero attached hydrogens (tertiary/aromatic N) is 2. The number of aryl methyl sites for hydroxylation is 1. The van der Waals surface area contributed by atoms with Crippen molar-refractivity contribution in [3.8, 4) is 0 Å². The molecule has 4 rings (SSSR count). The summed E-state index contributed by atoms with van der Waals surface area (Å²) in [5.74, 6) is -0.0275. The number of piperidine rings is 1. The highest BCUT2D eigenvalue weighted by molar-refractivity contribution is 7.89. The fraction of sp³-hybridized carbons (Fsp3) is 0.440. The number of hydrogen-bond donors (Lipinski definition) is 1. The monoisotopic (exact) mass is 469 g/mol. The topological polar surface area (TPSA) is 86.8 Å². The van der Waals surface area contributed by atoms with Crippen molar-refractivity contribution in [3.63, 3.8) is 0 Å². The van der Waals surface area contributed by atoms with Crippen molar-refractivity contribution in [1.29, 1.82) is 0 Å². The van der Waals surface area contributed by atoms with Gasteiger partial charge in [-0.3, -0.25) is 9.59 Å². The Morgan fingerprint density at radius 1 is 0.970 bits per heavy atom. The summed E-state index contributed by atoms with van der Waals surface area (Å²) in [5.41, 5.74) is 2.68. The average Bonchev–Trinajstić information content (AvgIpc) is 3.26. The third-order valence-corrected chi connectivity index (χ3v) is 8.41. The second-order valence-electron chi connectivity index (χ2n) is 8.76. The van der Waals surface area contributed by atoms with Crippen LogP contribution in [-0.2, 0) is 26.0 Å². The molecule has 0 atom stereocenters. The van der Waals surface area contributed by atoms with Crippen LogP contribution in [0.15, 0.2) is 54.6 Å². The lowest BCUT2D eigenvalue weighted by Crippen LogP contribution is -2.42. The lowest BCUT2D eigenvalue weighted by Gasteiger charge is -2.30. The van der Waals surface area contributed by atoms with Gasteiger partial charge in [-0.2, -0.15) is 0 Å². The molecule has 0 spiro atoms. The summed E-state index contributed by atoms with van der Waals surface area (Å²) in [6.45, 7) is 1.49. The molecule has 33 heavy (non-hydrogen) atoms. The van der Waals surface area contributed by atoms with Crippen molar-refractivity contribution in [1.82, 2.24) is 4.31 Å². The van der Waals surface area contributed by atoms with Crippen LogP contribution in [0.1, 0.15) is 37.7 Å². The summed E-state index contributed by atoms with van der Waals surface area (Å²) >= 11 is 0. The van der Waals surface area contributed by atoms with Crippen molar-refractivity contribution in [2.75, 3.05) is 35.6 Å². The molecule has 0 saturated carbocycles. The summed E-state index contributed by atoms with van der Waals surface area (Å²) in [6, 6.07) is 17.2. The van der Waals surface area contributed by atoms with Gasteiger partial charge in [0.2, 0.25) is 21.8 Å². The molecule has 8 heteroatoms. The molecule has 0 aliphatic carbocycles. The van der Waals surface area contributed by atoms with E-state index >= 15 is 0 Å². The molecule has 0 aromatic heterocycles. The third kappa shape index (κ3) is 6.00. The van der Waals surface area contributed by atoms with Crippen LogP contribution in [-0.4, -0.2) is 49.9 Å². The molecule has 2 saturated heterocycles. The Balaban J connectivity index is 1.23. The zero-order valence-electron chi connectivity index (χ0n) is 18.8. The van der Waals surface area contributed by atoms with E-state index in [4.69, 9.17) is 0 Å². The molecular weight excluding hydrogens is 438 g/mol. The van der Waals surface area contributed by atoms with Gasteiger partial charge in [0.25, 0.3) is 0 Å². The smallest absolute Gasteiger partial charge is 0.227 e. The molecule has 2 aromatic carbocycles. The Bertz CT molecular complexity index is 1060. The van der Waals surface area contributed by atoms with Crippen LogP contribution in [0.2, 0.25) is 0 Å². The van der Waals surface area contributed by atoms with Crippen LogP contribution < -0.4 is 10.2 Å². The maximum absolute atomic E-state index is 12.7. The largest absolute Gasteiger partial charge is 0.326 e. The number of carbonyl (C=O) groups excluding carboxylic acids is 2. The van der Waals surface area contributed by atoms with Gasteiger partial charge < -0.3 is 10.2 Å². The number of carbonyl (C=O) groups is 2. The van der Waals surface area contributed by atoms with E-state index in [-0.39, 0.29) is 23.5 Å². The first-order chi connectivity index (χ1) is 15.9. The van der Waals surface area contributed by atoms with Crippen LogP contribution in [0, 0.1) is 5.92 Å². The highest BCUT2D eigenvalue weighted by Gasteiger charge is 2.31. The molecule has 2 amide bonds. The van der Waals surface area contributed by atoms with E-state index in [0.29, 0.717) is 44.5 Å². The number of sulfonamides is 1. The summed E-state index contributed by atoms with van der Waals surface area (Å²) in [5, 5.41) is 2.94. The van der Waals surface area contributed by atoms with Gasteiger partial charge in [0.15, 0.2) is 0 Å². The van der Waals surface area contributed by atoms with Gasteiger partial charge in [0, 0.05) is 43.3 Å². The number of hydrogen-bond acceptors (Lipinski definition) is 4. The Labute approximate surface area is 195 Å². The quantitative estimate of drug-likeness (QED) is 0.642. The SMILES string of the molecule is O=C(Nc1ccc(N2CCCC2=O)cc1)C1CCN(S(=O)(=O)CCCc2ccccc2)CC1. The van der Waals surface area contributed by atoms with E-state index in [9.17, 15) is 18.0 Å². The lowest BCUT2D eigenvalue weighted by atomic mass is 9.97. The van der Waals surface area contributed by atoms with Crippen LogP contribution in [0.25, 0.3) is 0 Å². The minimum atomic E-state index is -3.31. The Hall–Kier alpha value is -2.71. The van der Waals surface area contributed by atoms with E-state index in [1.807, 2.05) is 54.6 Å². The first-order valence-corrected chi connectivity index (χ1v) is 13.3. The standard InChI is InChI=1S/C25H31N3O4S/c29-24-9-4-16-28(24)23-12-10-22(11-13-23)26-25(30)21-14-17-27(18-15-21)33(31,32)19-5-8-20-6-2-1-3-7-20/h1-3,6-7,10-13,21H,4-5,8-9,14-19H2,(H,26,30).